The van der Waals surface area contributed by atoms with E-state index in [0.29, 0.717) is 17.9 Å². The van der Waals surface area contributed by atoms with E-state index >= 15 is 0 Å². The molecule has 0 heterocycles. The van der Waals surface area contributed by atoms with Gasteiger partial charge in [-0.3, -0.25) is 0 Å². The molecule has 2 atom stereocenters. The van der Waals surface area contributed by atoms with Crippen LogP contribution in [0, 0.1) is 5.92 Å². The lowest BCUT2D eigenvalue weighted by Gasteiger charge is -2.17. The second-order valence-corrected chi connectivity index (χ2v) is 5.72. The lowest BCUT2D eigenvalue weighted by atomic mass is 10.1. The van der Waals surface area contributed by atoms with Gasteiger partial charge in [-0.1, -0.05) is 6.07 Å². The predicted molar refractivity (Wildman–Crippen MR) is 73.8 cm³/mol. The van der Waals surface area contributed by atoms with Gasteiger partial charge in [0, 0.05) is 6.61 Å². The van der Waals surface area contributed by atoms with Crippen LogP contribution in [0.4, 0.5) is 0 Å². The summed E-state index contributed by atoms with van der Waals surface area (Å²) in [6.45, 7) is 0.287. The van der Waals surface area contributed by atoms with Crippen molar-refractivity contribution in [1.82, 2.24) is 0 Å². The van der Waals surface area contributed by atoms with E-state index in [9.17, 15) is 5.11 Å². The standard InChI is InChI=1S/C16H22O3/c1-18-15-7-6-11(14-8-12(14)10-17)9-16(15)19-13-4-2-3-5-13/h6-7,9,12-14,17H,2-5,8,10H2,1H3/t12-,14-/m1/s1. The lowest BCUT2D eigenvalue weighted by Crippen LogP contribution is -2.11. The quantitative estimate of drug-likeness (QED) is 0.886. The van der Waals surface area contributed by atoms with Gasteiger partial charge in [-0.2, -0.15) is 0 Å². The van der Waals surface area contributed by atoms with Gasteiger partial charge >= 0.3 is 0 Å². The highest BCUT2D eigenvalue weighted by Gasteiger charge is 2.38. The van der Waals surface area contributed by atoms with Crippen molar-refractivity contribution in [2.45, 2.75) is 44.1 Å². The van der Waals surface area contributed by atoms with Gasteiger partial charge in [0.25, 0.3) is 0 Å². The SMILES string of the molecule is COc1ccc([C@H]2C[C@@H]2CO)cc1OC1CCCC1. The van der Waals surface area contributed by atoms with E-state index < -0.39 is 0 Å². The molecule has 0 aliphatic heterocycles. The molecule has 1 aromatic rings. The molecule has 19 heavy (non-hydrogen) atoms. The molecule has 3 rings (SSSR count). The Hall–Kier alpha value is -1.22. The van der Waals surface area contributed by atoms with Gasteiger partial charge < -0.3 is 14.6 Å². The van der Waals surface area contributed by atoms with Crippen molar-refractivity contribution in [3.05, 3.63) is 23.8 Å². The van der Waals surface area contributed by atoms with Crippen molar-refractivity contribution in [2.24, 2.45) is 5.92 Å². The highest BCUT2D eigenvalue weighted by molar-refractivity contribution is 5.45. The van der Waals surface area contributed by atoms with E-state index in [2.05, 4.69) is 12.1 Å². The molecule has 2 saturated carbocycles. The molecule has 104 valence electrons. The smallest absolute Gasteiger partial charge is 0.161 e. The number of hydrogen-bond acceptors (Lipinski definition) is 3. The van der Waals surface area contributed by atoms with Crippen molar-refractivity contribution < 1.29 is 14.6 Å². The summed E-state index contributed by atoms with van der Waals surface area (Å²) in [6, 6.07) is 6.20. The maximum atomic E-state index is 9.18. The number of aliphatic hydroxyl groups is 1. The number of rotatable bonds is 5. The lowest BCUT2D eigenvalue weighted by molar-refractivity contribution is 0.200. The predicted octanol–water partition coefficient (Wildman–Crippen LogP) is 3.11. The highest BCUT2D eigenvalue weighted by atomic mass is 16.5. The van der Waals surface area contributed by atoms with Crippen molar-refractivity contribution in [1.29, 1.82) is 0 Å². The minimum atomic E-state index is 0.287. The second-order valence-electron chi connectivity index (χ2n) is 5.72. The van der Waals surface area contributed by atoms with E-state index in [1.165, 1.54) is 18.4 Å². The van der Waals surface area contributed by atoms with Gasteiger partial charge in [0.1, 0.15) is 0 Å². The molecule has 2 aliphatic carbocycles. The topological polar surface area (TPSA) is 38.7 Å². The van der Waals surface area contributed by atoms with Crippen LogP contribution in [0.15, 0.2) is 18.2 Å². The number of methoxy groups -OCH3 is 1. The Kier molecular flexibility index (Phi) is 3.65. The van der Waals surface area contributed by atoms with Crippen LogP contribution >= 0.6 is 0 Å². The van der Waals surface area contributed by atoms with E-state index in [1.807, 2.05) is 6.07 Å². The minimum absolute atomic E-state index is 0.287. The fraction of sp³-hybridized carbons (Fsp3) is 0.625. The Morgan fingerprint density at radius 2 is 2.00 bits per heavy atom. The Morgan fingerprint density at radius 3 is 2.63 bits per heavy atom. The van der Waals surface area contributed by atoms with E-state index in [-0.39, 0.29) is 6.61 Å². The molecule has 0 bridgehead atoms. The molecule has 1 aromatic carbocycles. The average Bonchev–Trinajstić information content (AvgIpc) is 3.07. The first kappa shape index (κ1) is 12.8. The van der Waals surface area contributed by atoms with Crippen LogP contribution in [0.5, 0.6) is 11.5 Å². The van der Waals surface area contributed by atoms with Crippen LogP contribution in [0.2, 0.25) is 0 Å². The molecule has 0 aromatic heterocycles. The van der Waals surface area contributed by atoms with Crippen molar-refractivity contribution >= 4 is 0 Å². The van der Waals surface area contributed by atoms with Gasteiger partial charge in [0.05, 0.1) is 13.2 Å². The molecule has 0 radical (unpaired) electrons. The summed E-state index contributed by atoms with van der Waals surface area (Å²) in [5.74, 6) is 2.63. The monoisotopic (exact) mass is 262 g/mol. The number of benzene rings is 1. The van der Waals surface area contributed by atoms with E-state index in [1.54, 1.807) is 7.11 Å². The molecule has 0 spiro atoms. The Balaban J connectivity index is 1.77. The molecular weight excluding hydrogens is 240 g/mol. The molecule has 0 saturated heterocycles. The van der Waals surface area contributed by atoms with Gasteiger partial charge in [-0.15, -0.1) is 0 Å². The van der Waals surface area contributed by atoms with Crippen molar-refractivity contribution in [3.8, 4) is 11.5 Å². The molecular formula is C16H22O3. The van der Waals surface area contributed by atoms with Crippen LogP contribution in [-0.4, -0.2) is 24.9 Å². The zero-order valence-corrected chi connectivity index (χ0v) is 11.5. The molecule has 2 aliphatic rings. The summed E-state index contributed by atoms with van der Waals surface area (Å²) in [5.41, 5.74) is 1.27. The van der Waals surface area contributed by atoms with Crippen molar-refractivity contribution in [2.75, 3.05) is 13.7 Å². The largest absolute Gasteiger partial charge is 0.493 e. The zero-order chi connectivity index (χ0) is 13.2. The van der Waals surface area contributed by atoms with Crippen LogP contribution < -0.4 is 9.47 Å². The fourth-order valence-corrected chi connectivity index (χ4v) is 3.06. The van der Waals surface area contributed by atoms with Crippen LogP contribution in [-0.2, 0) is 0 Å². The van der Waals surface area contributed by atoms with Gasteiger partial charge in [0.2, 0.25) is 0 Å². The normalized spacial score (nSPS) is 26.4. The maximum absolute atomic E-state index is 9.18. The average molecular weight is 262 g/mol. The van der Waals surface area contributed by atoms with Gasteiger partial charge in [-0.25, -0.2) is 0 Å². The molecule has 3 heteroatoms. The third-order valence-electron chi connectivity index (χ3n) is 4.37. The number of aliphatic hydroxyl groups excluding tert-OH is 1. The fourth-order valence-electron chi connectivity index (χ4n) is 3.06. The minimum Gasteiger partial charge on any atom is -0.493 e. The molecule has 0 unspecified atom stereocenters. The first-order chi connectivity index (χ1) is 9.31. The first-order valence-electron chi connectivity index (χ1n) is 7.27. The summed E-state index contributed by atoms with van der Waals surface area (Å²) in [4.78, 5) is 0. The zero-order valence-electron chi connectivity index (χ0n) is 11.5. The number of hydrogen-bond donors (Lipinski definition) is 1. The summed E-state index contributed by atoms with van der Waals surface area (Å²) >= 11 is 0. The summed E-state index contributed by atoms with van der Waals surface area (Å²) in [5, 5.41) is 9.18. The van der Waals surface area contributed by atoms with E-state index in [0.717, 1.165) is 30.8 Å². The van der Waals surface area contributed by atoms with Gasteiger partial charge in [-0.05, 0) is 61.6 Å². The Morgan fingerprint density at radius 1 is 1.21 bits per heavy atom. The van der Waals surface area contributed by atoms with Crippen LogP contribution in [0.1, 0.15) is 43.6 Å². The molecule has 0 amide bonds. The summed E-state index contributed by atoms with van der Waals surface area (Å²) in [6.07, 6.45) is 6.26. The Labute approximate surface area is 114 Å². The number of ether oxygens (including phenoxy) is 2. The highest BCUT2D eigenvalue weighted by Crippen LogP contribution is 2.48. The second kappa shape index (κ2) is 5.41. The van der Waals surface area contributed by atoms with Gasteiger partial charge in [0.15, 0.2) is 11.5 Å². The van der Waals surface area contributed by atoms with Crippen molar-refractivity contribution in [3.63, 3.8) is 0 Å². The maximum Gasteiger partial charge on any atom is 0.161 e. The van der Waals surface area contributed by atoms with Crippen LogP contribution in [0.3, 0.4) is 0 Å². The third-order valence-corrected chi connectivity index (χ3v) is 4.37. The first-order valence-corrected chi connectivity index (χ1v) is 7.27. The molecule has 1 N–H and O–H groups in total. The Bertz CT molecular complexity index is 438. The molecule has 3 nitrogen and oxygen atoms in total. The third kappa shape index (κ3) is 2.71. The summed E-state index contributed by atoms with van der Waals surface area (Å²) in [7, 11) is 1.68. The summed E-state index contributed by atoms with van der Waals surface area (Å²) < 4.78 is 11.5. The molecule has 2 fully saturated rings. The van der Waals surface area contributed by atoms with Crippen LogP contribution in [0.25, 0.3) is 0 Å². The van der Waals surface area contributed by atoms with E-state index in [4.69, 9.17) is 9.47 Å².